The van der Waals surface area contributed by atoms with E-state index in [9.17, 15) is 5.11 Å². The standard InChI is InChI=1S/C26H24ClN3O6/c1-32-16-7-15(8-17(9-16)33-2)13-3-5-14(6-4-13)22-18(27)10-19-25(29-22)30-26(28-19)36-21-12-35-23-20(31)11-34-24(21)23/h3-10,20-21,23-24,31H,11-12H2,1-2H3,(H,28,29,30)/t20-,21-,23-,24-/m1/s1. The van der Waals surface area contributed by atoms with E-state index in [0.29, 0.717) is 34.5 Å². The van der Waals surface area contributed by atoms with E-state index in [1.807, 2.05) is 42.5 Å². The van der Waals surface area contributed by atoms with Gasteiger partial charge in [0, 0.05) is 11.6 Å². The van der Waals surface area contributed by atoms with Crippen LogP contribution in [0.1, 0.15) is 0 Å². The molecule has 2 saturated heterocycles. The molecule has 0 spiro atoms. The monoisotopic (exact) mass is 509 g/mol. The van der Waals surface area contributed by atoms with E-state index in [-0.39, 0.29) is 24.9 Å². The lowest BCUT2D eigenvalue weighted by Gasteiger charge is -2.15. The first-order chi connectivity index (χ1) is 17.5. The van der Waals surface area contributed by atoms with Crippen LogP contribution >= 0.6 is 11.6 Å². The van der Waals surface area contributed by atoms with Gasteiger partial charge in [0.15, 0.2) is 11.8 Å². The first kappa shape index (κ1) is 23.1. The molecule has 10 heteroatoms. The summed E-state index contributed by atoms with van der Waals surface area (Å²) < 4.78 is 28.0. The molecule has 2 fully saturated rings. The number of hydrogen-bond acceptors (Lipinski definition) is 8. The Hall–Kier alpha value is -3.37. The summed E-state index contributed by atoms with van der Waals surface area (Å²) in [5.74, 6) is 1.44. The van der Waals surface area contributed by atoms with Crippen LogP contribution < -0.4 is 14.2 Å². The molecule has 0 saturated carbocycles. The number of pyridine rings is 1. The second-order valence-corrected chi connectivity index (χ2v) is 9.14. The number of nitrogens with one attached hydrogen (secondary N) is 1. The molecule has 0 radical (unpaired) electrons. The number of aliphatic hydroxyl groups excluding tert-OH is 1. The van der Waals surface area contributed by atoms with E-state index >= 15 is 0 Å². The zero-order chi connectivity index (χ0) is 24.8. The molecule has 4 aromatic rings. The minimum absolute atomic E-state index is 0.236. The third-order valence-electron chi connectivity index (χ3n) is 6.49. The second-order valence-electron chi connectivity index (χ2n) is 8.73. The van der Waals surface area contributed by atoms with Gasteiger partial charge in [-0.05, 0) is 29.3 Å². The van der Waals surface area contributed by atoms with E-state index in [0.717, 1.165) is 28.2 Å². The van der Waals surface area contributed by atoms with E-state index in [4.69, 9.17) is 35.3 Å². The van der Waals surface area contributed by atoms with Gasteiger partial charge in [-0.25, -0.2) is 4.98 Å². The molecule has 4 atom stereocenters. The van der Waals surface area contributed by atoms with Gasteiger partial charge >= 0.3 is 0 Å². The van der Waals surface area contributed by atoms with E-state index in [1.165, 1.54) is 0 Å². The molecule has 2 N–H and O–H groups in total. The maximum atomic E-state index is 9.93. The van der Waals surface area contributed by atoms with E-state index in [1.54, 1.807) is 20.3 Å². The van der Waals surface area contributed by atoms with Gasteiger partial charge in [-0.15, -0.1) is 0 Å². The van der Waals surface area contributed by atoms with Crippen LogP contribution in [0.15, 0.2) is 48.5 Å². The van der Waals surface area contributed by atoms with Gasteiger partial charge < -0.3 is 33.8 Å². The molecular weight excluding hydrogens is 486 g/mol. The number of fused-ring (bicyclic) bond motifs is 2. The highest BCUT2D eigenvalue weighted by molar-refractivity contribution is 6.33. The predicted molar refractivity (Wildman–Crippen MR) is 133 cm³/mol. The number of benzene rings is 2. The Morgan fingerprint density at radius 2 is 1.58 bits per heavy atom. The van der Waals surface area contributed by atoms with E-state index in [2.05, 4.69) is 15.0 Å². The molecule has 0 bridgehead atoms. The van der Waals surface area contributed by atoms with Crippen molar-refractivity contribution in [3.05, 3.63) is 53.6 Å². The highest BCUT2D eigenvalue weighted by Crippen LogP contribution is 2.34. The summed E-state index contributed by atoms with van der Waals surface area (Å²) in [5.41, 5.74) is 4.57. The molecule has 0 amide bonds. The first-order valence-electron chi connectivity index (χ1n) is 11.5. The molecular formula is C26H24ClN3O6. The number of aliphatic hydroxyl groups is 1. The van der Waals surface area contributed by atoms with Gasteiger partial charge in [-0.1, -0.05) is 35.9 Å². The number of H-pyrrole nitrogens is 1. The van der Waals surface area contributed by atoms with Gasteiger partial charge in [-0.3, -0.25) is 0 Å². The molecule has 6 rings (SSSR count). The van der Waals surface area contributed by atoms with Gasteiger partial charge in [0.25, 0.3) is 6.01 Å². The van der Waals surface area contributed by atoms with Crippen molar-refractivity contribution in [2.75, 3.05) is 27.4 Å². The van der Waals surface area contributed by atoms with Gasteiger partial charge in [-0.2, -0.15) is 4.98 Å². The fourth-order valence-electron chi connectivity index (χ4n) is 4.64. The van der Waals surface area contributed by atoms with Crippen LogP contribution in [0.2, 0.25) is 5.02 Å². The molecule has 36 heavy (non-hydrogen) atoms. The van der Waals surface area contributed by atoms with Crippen molar-refractivity contribution in [1.29, 1.82) is 0 Å². The van der Waals surface area contributed by atoms with E-state index < -0.39 is 6.10 Å². The number of rotatable bonds is 6. The van der Waals surface area contributed by atoms with Crippen molar-refractivity contribution in [1.82, 2.24) is 15.0 Å². The third-order valence-corrected chi connectivity index (χ3v) is 6.78. The Labute approximate surface area is 211 Å². The highest BCUT2D eigenvalue weighted by Gasteiger charge is 2.48. The molecule has 0 aliphatic carbocycles. The van der Waals surface area contributed by atoms with Crippen molar-refractivity contribution in [2.24, 2.45) is 0 Å². The average Bonchev–Trinajstić information content (AvgIpc) is 3.59. The van der Waals surface area contributed by atoms with Crippen LogP contribution in [-0.2, 0) is 9.47 Å². The molecule has 2 aliphatic heterocycles. The molecule has 186 valence electrons. The summed E-state index contributed by atoms with van der Waals surface area (Å²) in [7, 11) is 3.25. The maximum absolute atomic E-state index is 9.93. The van der Waals surface area contributed by atoms with Gasteiger partial charge in [0.1, 0.15) is 29.8 Å². The number of aromatic nitrogens is 3. The zero-order valence-electron chi connectivity index (χ0n) is 19.6. The summed E-state index contributed by atoms with van der Waals surface area (Å²) in [6.07, 6.45) is -1.71. The molecule has 9 nitrogen and oxygen atoms in total. The number of nitrogens with zero attached hydrogens (tertiary/aromatic N) is 2. The SMILES string of the molecule is COc1cc(OC)cc(-c2ccc(-c3nc4nc(O[C@@H]5CO[C@H]6[C@@H]5OC[C@H]6O)[nH]c4cc3Cl)cc2)c1. The first-order valence-corrected chi connectivity index (χ1v) is 11.9. The summed E-state index contributed by atoms with van der Waals surface area (Å²) in [6, 6.07) is 15.7. The van der Waals surface area contributed by atoms with Crippen molar-refractivity contribution < 1.29 is 28.8 Å². The van der Waals surface area contributed by atoms with Crippen LogP contribution in [0.3, 0.4) is 0 Å². The number of ether oxygens (including phenoxy) is 5. The summed E-state index contributed by atoms with van der Waals surface area (Å²) >= 11 is 6.59. The summed E-state index contributed by atoms with van der Waals surface area (Å²) in [4.78, 5) is 12.3. The molecule has 2 aliphatic rings. The second kappa shape index (κ2) is 9.25. The summed E-state index contributed by atoms with van der Waals surface area (Å²) in [6.45, 7) is 0.550. The normalized spacial score (nSPS) is 23.1. The Balaban J connectivity index is 1.25. The predicted octanol–water partition coefficient (Wildman–Crippen LogP) is 3.87. The van der Waals surface area contributed by atoms with Crippen molar-refractivity contribution in [3.63, 3.8) is 0 Å². The topological polar surface area (TPSA) is 108 Å². The largest absolute Gasteiger partial charge is 0.497 e. The van der Waals surface area contributed by atoms with Crippen LogP contribution in [0.5, 0.6) is 17.5 Å². The molecule has 2 aromatic carbocycles. The van der Waals surface area contributed by atoms with Crippen LogP contribution in [0.4, 0.5) is 0 Å². The Bertz CT molecular complexity index is 1390. The molecule has 0 unspecified atom stereocenters. The Kier molecular flexibility index (Phi) is 5.93. The lowest BCUT2D eigenvalue weighted by atomic mass is 10.0. The van der Waals surface area contributed by atoms with Crippen molar-refractivity contribution >= 4 is 22.8 Å². The molecule has 2 aromatic heterocycles. The fraction of sp³-hybridized carbons (Fsp3) is 0.308. The maximum Gasteiger partial charge on any atom is 0.296 e. The number of methoxy groups -OCH3 is 2. The number of imidazole rings is 1. The zero-order valence-corrected chi connectivity index (χ0v) is 20.4. The minimum Gasteiger partial charge on any atom is -0.497 e. The van der Waals surface area contributed by atoms with Crippen LogP contribution in [0, 0.1) is 0 Å². The number of hydrogen-bond donors (Lipinski definition) is 2. The minimum atomic E-state index is -0.639. The highest BCUT2D eigenvalue weighted by atomic mass is 35.5. The van der Waals surface area contributed by atoms with Crippen molar-refractivity contribution in [2.45, 2.75) is 24.4 Å². The Morgan fingerprint density at radius 3 is 2.31 bits per heavy atom. The lowest BCUT2D eigenvalue weighted by molar-refractivity contribution is 0.00706. The third kappa shape index (κ3) is 4.14. The van der Waals surface area contributed by atoms with Gasteiger partial charge in [0.2, 0.25) is 0 Å². The number of aromatic amines is 1. The number of halogens is 1. The van der Waals surface area contributed by atoms with Gasteiger partial charge in [0.05, 0.1) is 43.7 Å². The lowest BCUT2D eigenvalue weighted by Crippen LogP contribution is -2.34. The smallest absolute Gasteiger partial charge is 0.296 e. The quantitative estimate of drug-likeness (QED) is 0.403. The van der Waals surface area contributed by atoms with Crippen LogP contribution in [0.25, 0.3) is 33.5 Å². The Morgan fingerprint density at radius 1 is 0.889 bits per heavy atom. The van der Waals surface area contributed by atoms with Crippen molar-refractivity contribution in [3.8, 4) is 39.9 Å². The average molecular weight is 510 g/mol. The van der Waals surface area contributed by atoms with Crippen LogP contribution in [-0.4, -0.2) is 71.9 Å². The summed E-state index contributed by atoms with van der Waals surface area (Å²) in [5, 5.41) is 10.4. The molecule has 4 heterocycles. The fourth-order valence-corrected chi connectivity index (χ4v) is 4.90.